The van der Waals surface area contributed by atoms with Crippen LogP contribution in [0.15, 0.2) is 42.5 Å². The highest BCUT2D eigenvalue weighted by molar-refractivity contribution is 5.93. The van der Waals surface area contributed by atoms with E-state index in [1.165, 1.54) is 0 Å². The number of carbonyl (C=O) groups excluding carboxylic acids is 2. The molecule has 0 fully saturated rings. The first-order chi connectivity index (χ1) is 10.9. The summed E-state index contributed by atoms with van der Waals surface area (Å²) >= 11 is 0. The first-order valence-electron chi connectivity index (χ1n) is 7.52. The van der Waals surface area contributed by atoms with Gasteiger partial charge in [-0.1, -0.05) is 35.9 Å². The molecule has 0 aliphatic carbocycles. The number of hydrogen-bond acceptors (Lipinski definition) is 3. The standard InChI is InChI=1S/C19H21NO3/c1-13-4-7-16(8-5-13)11-19(22)23-12-18(21)20-17-9-6-14(2)15(3)10-17/h4-10H,11-12H2,1-3H3,(H,20,21). The SMILES string of the molecule is Cc1ccc(CC(=O)OCC(=O)Nc2ccc(C)c(C)c2)cc1. The molecular weight excluding hydrogens is 290 g/mol. The summed E-state index contributed by atoms with van der Waals surface area (Å²) in [5, 5.41) is 2.72. The van der Waals surface area contributed by atoms with Crippen molar-refractivity contribution in [3.05, 3.63) is 64.7 Å². The van der Waals surface area contributed by atoms with Crippen molar-refractivity contribution in [1.29, 1.82) is 0 Å². The van der Waals surface area contributed by atoms with E-state index in [1.807, 2.05) is 63.2 Å². The second-order valence-electron chi connectivity index (χ2n) is 5.67. The average Bonchev–Trinajstić information content (AvgIpc) is 2.51. The fourth-order valence-electron chi connectivity index (χ4n) is 2.09. The van der Waals surface area contributed by atoms with Gasteiger partial charge in [0.15, 0.2) is 6.61 Å². The summed E-state index contributed by atoms with van der Waals surface area (Å²) < 4.78 is 5.01. The zero-order valence-electron chi connectivity index (χ0n) is 13.7. The second-order valence-corrected chi connectivity index (χ2v) is 5.67. The number of esters is 1. The Morgan fingerprint density at radius 3 is 2.30 bits per heavy atom. The number of anilines is 1. The van der Waals surface area contributed by atoms with Gasteiger partial charge >= 0.3 is 5.97 Å². The van der Waals surface area contributed by atoms with Crippen molar-refractivity contribution < 1.29 is 14.3 Å². The minimum atomic E-state index is -0.413. The highest BCUT2D eigenvalue weighted by Gasteiger charge is 2.09. The van der Waals surface area contributed by atoms with Crippen molar-refractivity contribution in [2.45, 2.75) is 27.2 Å². The van der Waals surface area contributed by atoms with Gasteiger partial charge in [0.25, 0.3) is 5.91 Å². The molecule has 120 valence electrons. The van der Waals surface area contributed by atoms with Crippen molar-refractivity contribution in [2.75, 3.05) is 11.9 Å². The van der Waals surface area contributed by atoms with E-state index >= 15 is 0 Å². The fourth-order valence-corrected chi connectivity index (χ4v) is 2.09. The van der Waals surface area contributed by atoms with Crippen LogP contribution in [-0.2, 0) is 20.7 Å². The molecule has 0 aliphatic heterocycles. The molecule has 0 saturated carbocycles. The molecule has 0 bridgehead atoms. The number of amides is 1. The summed E-state index contributed by atoms with van der Waals surface area (Å²) in [6, 6.07) is 13.3. The van der Waals surface area contributed by atoms with E-state index in [0.717, 1.165) is 22.3 Å². The third-order valence-electron chi connectivity index (χ3n) is 3.62. The highest BCUT2D eigenvalue weighted by Crippen LogP contribution is 2.14. The number of benzene rings is 2. The van der Waals surface area contributed by atoms with E-state index in [4.69, 9.17) is 4.74 Å². The van der Waals surface area contributed by atoms with Gasteiger partial charge in [0.2, 0.25) is 0 Å². The summed E-state index contributed by atoms with van der Waals surface area (Å²) in [6.45, 7) is 5.69. The van der Waals surface area contributed by atoms with Crippen LogP contribution in [0.3, 0.4) is 0 Å². The lowest BCUT2D eigenvalue weighted by Crippen LogP contribution is -2.21. The second kappa shape index (κ2) is 7.58. The predicted octanol–water partition coefficient (Wildman–Crippen LogP) is 3.34. The molecular formula is C19H21NO3. The monoisotopic (exact) mass is 311 g/mol. The summed E-state index contributed by atoms with van der Waals surface area (Å²) in [5.41, 5.74) is 4.96. The highest BCUT2D eigenvalue weighted by atomic mass is 16.5. The Morgan fingerprint density at radius 2 is 1.65 bits per heavy atom. The van der Waals surface area contributed by atoms with Gasteiger partial charge in [-0.2, -0.15) is 0 Å². The number of carbonyl (C=O) groups is 2. The smallest absolute Gasteiger partial charge is 0.310 e. The van der Waals surface area contributed by atoms with Crippen LogP contribution >= 0.6 is 0 Å². The number of nitrogens with one attached hydrogen (secondary N) is 1. The van der Waals surface area contributed by atoms with Crippen LogP contribution < -0.4 is 5.32 Å². The maximum atomic E-state index is 11.8. The molecule has 0 saturated heterocycles. The van der Waals surface area contributed by atoms with Gasteiger partial charge in [-0.15, -0.1) is 0 Å². The van der Waals surface area contributed by atoms with E-state index < -0.39 is 5.97 Å². The molecule has 1 N–H and O–H groups in total. The Balaban J connectivity index is 1.80. The van der Waals surface area contributed by atoms with Gasteiger partial charge in [-0.3, -0.25) is 9.59 Å². The zero-order chi connectivity index (χ0) is 16.8. The molecule has 4 heteroatoms. The summed E-state index contributed by atoms with van der Waals surface area (Å²) in [6.07, 6.45) is 0.164. The van der Waals surface area contributed by atoms with Crippen molar-refractivity contribution in [2.24, 2.45) is 0 Å². The van der Waals surface area contributed by atoms with Crippen LogP contribution in [0.4, 0.5) is 5.69 Å². The molecule has 0 aliphatic rings. The third kappa shape index (κ3) is 5.25. The Bertz CT molecular complexity index is 705. The minimum Gasteiger partial charge on any atom is -0.455 e. The van der Waals surface area contributed by atoms with E-state index in [9.17, 15) is 9.59 Å². The number of rotatable bonds is 5. The van der Waals surface area contributed by atoms with Crippen molar-refractivity contribution in [3.63, 3.8) is 0 Å². The van der Waals surface area contributed by atoms with Crippen molar-refractivity contribution in [3.8, 4) is 0 Å². The van der Waals surface area contributed by atoms with Gasteiger partial charge < -0.3 is 10.1 Å². The molecule has 0 heterocycles. The average molecular weight is 311 g/mol. The van der Waals surface area contributed by atoms with Crippen molar-refractivity contribution >= 4 is 17.6 Å². The van der Waals surface area contributed by atoms with Crippen LogP contribution in [-0.4, -0.2) is 18.5 Å². The maximum Gasteiger partial charge on any atom is 0.310 e. The molecule has 2 aromatic rings. The Labute approximate surface area is 136 Å². The molecule has 0 spiro atoms. The lowest BCUT2D eigenvalue weighted by Gasteiger charge is -2.08. The normalized spacial score (nSPS) is 10.2. The van der Waals surface area contributed by atoms with Gasteiger partial charge in [0, 0.05) is 5.69 Å². The minimum absolute atomic E-state index is 0.164. The van der Waals surface area contributed by atoms with Crippen molar-refractivity contribution in [1.82, 2.24) is 0 Å². The Hall–Kier alpha value is -2.62. The maximum absolute atomic E-state index is 11.8. The fraction of sp³-hybridized carbons (Fsp3) is 0.263. The van der Waals surface area contributed by atoms with Crippen LogP contribution in [0, 0.1) is 20.8 Å². The first-order valence-corrected chi connectivity index (χ1v) is 7.52. The number of aryl methyl sites for hydroxylation is 3. The number of hydrogen-bond donors (Lipinski definition) is 1. The van der Waals surface area contributed by atoms with E-state index in [1.54, 1.807) is 0 Å². The van der Waals surface area contributed by atoms with Crippen LogP contribution in [0.25, 0.3) is 0 Å². The Morgan fingerprint density at radius 1 is 0.957 bits per heavy atom. The summed E-state index contributed by atoms with van der Waals surface area (Å²) in [4.78, 5) is 23.6. The molecule has 2 rings (SSSR count). The first kappa shape index (κ1) is 16.7. The van der Waals surface area contributed by atoms with Crippen LogP contribution in [0.2, 0.25) is 0 Å². The lowest BCUT2D eigenvalue weighted by atomic mass is 10.1. The lowest BCUT2D eigenvalue weighted by molar-refractivity contribution is -0.146. The van der Waals surface area contributed by atoms with E-state index in [0.29, 0.717) is 5.69 Å². The largest absolute Gasteiger partial charge is 0.455 e. The van der Waals surface area contributed by atoms with E-state index in [2.05, 4.69) is 5.32 Å². The molecule has 0 unspecified atom stereocenters. The van der Waals surface area contributed by atoms with Gasteiger partial charge in [-0.25, -0.2) is 0 Å². The van der Waals surface area contributed by atoms with Crippen LogP contribution in [0.1, 0.15) is 22.3 Å². The quantitative estimate of drug-likeness (QED) is 0.862. The molecule has 23 heavy (non-hydrogen) atoms. The summed E-state index contributed by atoms with van der Waals surface area (Å²) in [7, 11) is 0. The predicted molar refractivity (Wildman–Crippen MR) is 90.4 cm³/mol. The molecule has 2 aromatic carbocycles. The zero-order valence-corrected chi connectivity index (χ0v) is 13.7. The molecule has 0 radical (unpaired) electrons. The van der Waals surface area contributed by atoms with E-state index in [-0.39, 0.29) is 18.9 Å². The third-order valence-corrected chi connectivity index (χ3v) is 3.62. The molecule has 1 amide bonds. The Kier molecular flexibility index (Phi) is 5.52. The van der Waals surface area contributed by atoms with Crippen LogP contribution in [0.5, 0.6) is 0 Å². The summed E-state index contributed by atoms with van der Waals surface area (Å²) in [5.74, 6) is -0.755. The van der Waals surface area contributed by atoms with Gasteiger partial charge in [-0.05, 0) is 49.6 Å². The molecule has 4 nitrogen and oxygen atoms in total. The molecule has 0 aromatic heterocycles. The van der Waals surface area contributed by atoms with Gasteiger partial charge in [0.1, 0.15) is 0 Å². The topological polar surface area (TPSA) is 55.4 Å². The molecule has 0 atom stereocenters. The van der Waals surface area contributed by atoms with Gasteiger partial charge in [0.05, 0.1) is 6.42 Å². The number of ether oxygens (including phenoxy) is 1.